The van der Waals surface area contributed by atoms with Gasteiger partial charge in [0.2, 0.25) is 10.0 Å². The van der Waals surface area contributed by atoms with Gasteiger partial charge in [0, 0.05) is 27.4 Å². The van der Waals surface area contributed by atoms with E-state index in [9.17, 15) is 22.7 Å². The average Bonchev–Trinajstić information content (AvgIpc) is 3.47. The Bertz CT molecular complexity index is 1880. The first kappa shape index (κ1) is 38.6. The van der Waals surface area contributed by atoms with Crippen LogP contribution in [-0.4, -0.2) is 62.8 Å². The van der Waals surface area contributed by atoms with Crippen molar-refractivity contribution in [2.45, 2.75) is 60.4 Å². The van der Waals surface area contributed by atoms with Gasteiger partial charge in [-0.3, -0.25) is 9.36 Å². The number of benzene rings is 3. The Labute approximate surface area is 299 Å². The van der Waals surface area contributed by atoms with E-state index in [-0.39, 0.29) is 22.8 Å². The fourth-order valence-electron chi connectivity index (χ4n) is 5.24. The van der Waals surface area contributed by atoms with Crippen molar-refractivity contribution in [3.63, 3.8) is 0 Å². The Morgan fingerprint density at radius 2 is 1.78 bits per heavy atom. The van der Waals surface area contributed by atoms with E-state index in [1.807, 2.05) is 44.6 Å². The molecule has 0 bridgehead atoms. The number of carbonyl (C=O) groups is 1. The van der Waals surface area contributed by atoms with Crippen LogP contribution in [0.3, 0.4) is 0 Å². The minimum atomic E-state index is -4.41. The molecule has 0 spiro atoms. The summed E-state index contributed by atoms with van der Waals surface area (Å²) >= 11 is 13.9. The summed E-state index contributed by atoms with van der Waals surface area (Å²) in [6.07, 6.45) is 2.98. The first-order valence-corrected chi connectivity index (χ1v) is 18.6. The van der Waals surface area contributed by atoms with Crippen LogP contribution in [-0.2, 0) is 26.0 Å². The monoisotopic (exact) mass is 755 g/mol. The van der Waals surface area contributed by atoms with Crippen molar-refractivity contribution in [2.24, 2.45) is 0 Å². The predicted molar refractivity (Wildman–Crippen MR) is 188 cm³/mol. The molecule has 1 aromatic heterocycles. The number of nitrogens with zero attached hydrogens (tertiary/aromatic N) is 2. The minimum Gasteiger partial charge on any atom is -0.495 e. The van der Waals surface area contributed by atoms with E-state index in [0.29, 0.717) is 28.0 Å². The number of rotatable bonds is 16. The number of aromatic nitrogens is 2. The lowest BCUT2D eigenvalue weighted by molar-refractivity contribution is -0.858. The highest BCUT2D eigenvalue weighted by atomic mass is 35.5. The molecule has 0 aliphatic rings. The van der Waals surface area contributed by atoms with Crippen LogP contribution in [0.1, 0.15) is 49.9 Å². The number of imidazole rings is 1. The van der Waals surface area contributed by atoms with Crippen LogP contribution in [0.15, 0.2) is 70.8 Å². The summed E-state index contributed by atoms with van der Waals surface area (Å²) in [4.78, 5) is 17.1. The number of methoxy groups -OCH3 is 1. The van der Waals surface area contributed by atoms with Crippen LogP contribution in [0.5, 0.6) is 5.75 Å². The molecule has 0 saturated heterocycles. The Morgan fingerprint density at radius 3 is 2.39 bits per heavy atom. The number of aliphatic carboxylic acids is 1. The Morgan fingerprint density at radius 1 is 1.08 bits per heavy atom. The highest BCUT2D eigenvalue weighted by molar-refractivity contribution is 7.98. The second kappa shape index (κ2) is 16.2. The summed E-state index contributed by atoms with van der Waals surface area (Å²) in [5.41, 5.74) is 1.59. The normalized spacial score (nSPS) is 12.8. The number of unbranched alkanes of at least 4 members (excludes halogenated alkanes) is 1. The predicted octanol–water partition coefficient (Wildman–Crippen LogP) is 6.13. The standard InChI is InChI=1S/C34H38Cl2F2N4O5S2/c1-34(2,21-9-14-26(35)30(16-21)47-5)31-19-39-33(42(31)23-12-10-22(37)11-13-23)48-20-25-27(36)17-24(18-28(25)38)49(45,46)40-29(32(43)44)8-6-7-15-41(3)4/h9-14,16-19,29,40H,6-8,15,20H2,1-5H3,(H,43,44)/p+1/t29-/m0/s1. The Kier molecular flexibility index (Phi) is 12.8. The minimum absolute atomic E-state index is 0.0309. The molecular weight excluding hydrogens is 717 g/mol. The summed E-state index contributed by atoms with van der Waals surface area (Å²) in [7, 11) is 1.05. The molecule has 1 heterocycles. The lowest BCUT2D eigenvalue weighted by Gasteiger charge is -2.28. The van der Waals surface area contributed by atoms with E-state index in [2.05, 4.69) is 9.71 Å². The van der Waals surface area contributed by atoms with Gasteiger partial charge in [-0.25, -0.2) is 22.2 Å². The van der Waals surface area contributed by atoms with E-state index in [1.165, 1.54) is 24.1 Å². The molecule has 4 rings (SSSR count). The van der Waals surface area contributed by atoms with Gasteiger partial charge in [0.15, 0.2) is 5.16 Å². The zero-order valence-electron chi connectivity index (χ0n) is 27.7. The van der Waals surface area contributed by atoms with Gasteiger partial charge in [-0.1, -0.05) is 54.9 Å². The first-order chi connectivity index (χ1) is 23.0. The molecular formula is C34H39Cl2F2N4O5S2+. The molecule has 0 radical (unpaired) electrons. The number of hydrogen-bond acceptors (Lipinski definition) is 6. The molecule has 0 fully saturated rings. The maximum absolute atomic E-state index is 15.6. The average molecular weight is 757 g/mol. The second-order valence-corrected chi connectivity index (χ2v) is 15.8. The van der Waals surface area contributed by atoms with E-state index >= 15 is 4.39 Å². The molecule has 3 aromatic carbocycles. The van der Waals surface area contributed by atoms with Crippen molar-refractivity contribution in [1.29, 1.82) is 0 Å². The fraction of sp³-hybridized carbons (Fsp3) is 0.353. The number of halogens is 4. The van der Waals surface area contributed by atoms with Crippen molar-refractivity contribution >= 4 is 51.0 Å². The van der Waals surface area contributed by atoms with Crippen LogP contribution in [0.4, 0.5) is 8.78 Å². The van der Waals surface area contributed by atoms with Crippen molar-refractivity contribution < 1.29 is 36.7 Å². The number of nitrogens with one attached hydrogen (secondary N) is 2. The number of thioether (sulfide) groups is 1. The van der Waals surface area contributed by atoms with E-state index in [4.69, 9.17) is 27.9 Å². The fourth-order valence-corrected chi connectivity index (χ4v) is 8.14. The molecule has 1 atom stereocenters. The maximum Gasteiger partial charge on any atom is 0.321 e. The van der Waals surface area contributed by atoms with Gasteiger partial charge < -0.3 is 14.7 Å². The summed E-state index contributed by atoms with van der Waals surface area (Å²) in [5.74, 6) is -2.15. The van der Waals surface area contributed by atoms with Crippen molar-refractivity contribution in [1.82, 2.24) is 14.3 Å². The van der Waals surface area contributed by atoms with Crippen LogP contribution in [0.25, 0.3) is 5.69 Å². The van der Waals surface area contributed by atoms with Crippen LogP contribution >= 0.6 is 35.0 Å². The summed E-state index contributed by atoms with van der Waals surface area (Å²) < 4.78 is 65.2. The molecule has 9 nitrogen and oxygen atoms in total. The third-order valence-electron chi connectivity index (χ3n) is 8.11. The van der Waals surface area contributed by atoms with Gasteiger partial charge in [-0.15, -0.1) is 0 Å². The van der Waals surface area contributed by atoms with Crippen molar-refractivity contribution in [3.8, 4) is 11.4 Å². The zero-order chi connectivity index (χ0) is 36.1. The highest BCUT2D eigenvalue weighted by Gasteiger charge is 2.31. The summed E-state index contributed by atoms with van der Waals surface area (Å²) in [6, 6.07) is 11.9. The first-order valence-electron chi connectivity index (χ1n) is 15.4. The van der Waals surface area contributed by atoms with Crippen LogP contribution in [0, 0.1) is 11.6 Å². The number of hydrogen-bond donors (Lipinski definition) is 3. The third-order valence-corrected chi connectivity index (χ3v) is 11.2. The largest absolute Gasteiger partial charge is 0.495 e. The molecule has 0 aliphatic carbocycles. The van der Waals surface area contributed by atoms with E-state index in [1.54, 1.807) is 24.4 Å². The van der Waals surface area contributed by atoms with Gasteiger partial charge >= 0.3 is 5.97 Å². The Hall–Kier alpha value is -3.20. The zero-order valence-corrected chi connectivity index (χ0v) is 30.8. The number of carboxylic acids is 1. The van der Waals surface area contributed by atoms with Crippen LogP contribution < -0.4 is 14.4 Å². The van der Waals surface area contributed by atoms with Crippen LogP contribution in [0.2, 0.25) is 10.0 Å². The van der Waals surface area contributed by atoms with E-state index in [0.717, 1.165) is 48.1 Å². The Balaban J connectivity index is 1.62. The molecule has 49 heavy (non-hydrogen) atoms. The molecule has 264 valence electrons. The lowest BCUT2D eigenvalue weighted by Crippen LogP contribution is -3.05. The number of quaternary nitrogens is 1. The smallest absolute Gasteiger partial charge is 0.321 e. The number of ether oxygens (including phenoxy) is 1. The SMILES string of the molecule is COc1cc(C(C)(C)c2cnc(SCc3c(F)cc(S(=O)(=O)N[C@@H](CCCC[NH+](C)C)C(=O)O)cc3Cl)n2-c2ccc(F)cc2)ccc1Cl. The lowest BCUT2D eigenvalue weighted by atomic mass is 9.81. The number of sulfonamides is 1. The molecule has 4 aromatic rings. The van der Waals surface area contributed by atoms with E-state index < -0.39 is 44.0 Å². The van der Waals surface area contributed by atoms with Gasteiger partial charge in [0.1, 0.15) is 23.4 Å². The molecule has 15 heteroatoms. The van der Waals surface area contributed by atoms with Gasteiger partial charge in [0.05, 0.1) is 49.6 Å². The maximum atomic E-state index is 15.6. The highest BCUT2D eigenvalue weighted by Crippen LogP contribution is 2.40. The molecule has 0 saturated carbocycles. The quantitative estimate of drug-likeness (QED) is 0.0932. The summed E-state index contributed by atoms with van der Waals surface area (Å²) in [6.45, 7) is 4.79. The van der Waals surface area contributed by atoms with Gasteiger partial charge in [-0.2, -0.15) is 4.72 Å². The third kappa shape index (κ3) is 9.33. The molecule has 0 amide bonds. The number of carboxylic acid groups (broad SMARTS) is 1. The second-order valence-electron chi connectivity index (χ2n) is 12.3. The van der Waals surface area contributed by atoms with Gasteiger partial charge in [-0.05, 0) is 73.4 Å². The molecule has 3 N–H and O–H groups in total. The molecule has 0 aliphatic heterocycles. The van der Waals surface area contributed by atoms with Crippen molar-refractivity contribution in [3.05, 3.63) is 99.3 Å². The van der Waals surface area contributed by atoms with Crippen molar-refractivity contribution in [2.75, 3.05) is 27.7 Å². The molecule has 0 unspecified atom stereocenters. The topological polar surface area (TPSA) is 115 Å². The summed E-state index contributed by atoms with van der Waals surface area (Å²) in [5, 5.41) is 10.4. The van der Waals surface area contributed by atoms with Gasteiger partial charge in [0.25, 0.3) is 0 Å².